The maximum absolute atomic E-state index is 9.87. The Labute approximate surface area is 124 Å². The molecule has 2 aromatic carbocycles. The van der Waals surface area contributed by atoms with Crippen LogP contribution in [0.4, 0.5) is 0 Å². The van der Waals surface area contributed by atoms with Gasteiger partial charge in [0.25, 0.3) is 5.89 Å². The molecule has 1 heterocycles. The molecule has 0 aliphatic rings. The number of aromatic hydroxyl groups is 1. The van der Waals surface area contributed by atoms with E-state index in [0.717, 1.165) is 15.6 Å². The summed E-state index contributed by atoms with van der Waals surface area (Å²) in [6.45, 7) is 1.94. The van der Waals surface area contributed by atoms with Gasteiger partial charge in [-0.25, -0.2) is 0 Å². The second-order valence-electron chi connectivity index (χ2n) is 4.45. The highest BCUT2D eigenvalue weighted by Gasteiger charge is 2.14. The van der Waals surface area contributed by atoms with Crippen LogP contribution in [0, 0.1) is 6.92 Å². The quantitative estimate of drug-likeness (QED) is 0.765. The van der Waals surface area contributed by atoms with Crippen LogP contribution in [-0.2, 0) is 0 Å². The lowest BCUT2D eigenvalue weighted by molar-refractivity contribution is 0.425. The third-order valence-electron chi connectivity index (χ3n) is 2.91. The third-order valence-corrected chi connectivity index (χ3v) is 3.44. The zero-order valence-electron chi connectivity index (χ0n) is 10.7. The monoisotopic (exact) mass is 330 g/mol. The van der Waals surface area contributed by atoms with Crippen molar-refractivity contribution in [3.05, 3.63) is 52.5 Å². The first kappa shape index (κ1) is 12.9. The van der Waals surface area contributed by atoms with Crippen molar-refractivity contribution in [2.45, 2.75) is 6.92 Å². The summed E-state index contributed by atoms with van der Waals surface area (Å²) >= 11 is 3.38. The van der Waals surface area contributed by atoms with Crippen LogP contribution in [-0.4, -0.2) is 15.2 Å². The molecule has 0 saturated carbocycles. The molecule has 0 amide bonds. The Morgan fingerprint density at radius 1 is 1.10 bits per heavy atom. The minimum atomic E-state index is 0.126. The van der Waals surface area contributed by atoms with E-state index in [1.807, 2.05) is 43.3 Å². The Bertz CT molecular complexity index is 751. The highest BCUT2D eigenvalue weighted by Crippen LogP contribution is 2.30. The van der Waals surface area contributed by atoms with E-state index in [4.69, 9.17) is 4.52 Å². The van der Waals surface area contributed by atoms with Gasteiger partial charge >= 0.3 is 0 Å². The fourth-order valence-electron chi connectivity index (χ4n) is 1.87. The lowest BCUT2D eigenvalue weighted by atomic mass is 10.1. The van der Waals surface area contributed by atoms with Crippen LogP contribution in [0.3, 0.4) is 0 Å². The number of benzene rings is 2. The van der Waals surface area contributed by atoms with Gasteiger partial charge in [0.1, 0.15) is 5.75 Å². The van der Waals surface area contributed by atoms with Crippen LogP contribution in [0.5, 0.6) is 5.75 Å². The second-order valence-corrected chi connectivity index (χ2v) is 5.37. The minimum Gasteiger partial charge on any atom is -0.507 e. The van der Waals surface area contributed by atoms with Crippen molar-refractivity contribution in [1.29, 1.82) is 0 Å². The van der Waals surface area contributed by atoms with E-state index < -0.39 is 0 Å². The molecule has 0 spiro atoms. The normalized spacial score (nSPS) is 10.7. The minimum absolute atomic E-state index is 0.126. The Balaban J connectivity index is 2.01. The molecular formula is C15H11BrN2O2. The van der Waals surface area contributed by atoms with E-state index >= 15 is 0 Å². The second kappa shape index (κ2) is 5.09. The summed E-state index contributed by atoms with van der Waals surface area (Å²) in [5.41, 5.74) is 2.41. The average molecular weight is 331 g/mol. The number of phenols is 1. The van der Waals surface area contributed by atoms with Crippen LogP contribution in [0.2, 0.25) is 0 Å². The number of aromatic nitrogens is 2. The van der Waals surface area contributed by atoms with Crippen LogP contribution < -0.4 is 0 Å². The Kier molecular flexibility index (Phi) is 3.28. The summed E-state index contributed by atoms with van der Waals surface area (Å²) in [5.74, 6) is 0.930. The topological polar surface area (TPSA) is 59.2 Å². The molecule has 0 radical (unpaired) electrons. The molecule has 0 aliphatic carbocycles. The maximum Gasteiger partial charge on any atom is 0.262 e. The van der Waals surface area contributed by atoms with Gasteiger partial charge in [-0.1, -0.05) is 32.7 Å². The first-order valence-electron chi connectivity index (χ1n) is 6.03. The van der Waals surface area contributed by atoms with Gasteiger partial charge in [-0.3, -0.25) is 0 Å². The van der Waals surface area contributed by atoms with Crippen molar-refractivity contribution in [3.63, 3.8) is 0 Å². The molecule has 0 aliphatic heterocycles. The molecule has 1 N–H and O–H groups in total. The Hall–Kier alpha value is -2.14. The summed E-state index contributed by atoms with van der Waals surface area (Å²) in [4.78, 5) is 4.33. The van der Waals surface area contributed by atoms with Crippen LogP contribution in [0.1, 0.15) is 5.56 Å². The fraction of sp³-hybridized carbons (Fsp3) is 0.0667. The van der Waals surface area contributed by atoms with Gasteiger partial charge in [-0.15, -0.1) is 0 Å². The highest BCUT2D eigenvalue weighted by atomic mass is 79.9. The molecule has 0 saturated heterocycles. The van der Waals surface area contributed by atoms with Gasteiger partial charge in [0.2, 0.25) is 5.82 Å². The number of rotatable bonds is 2. The van der Waals surface area contributed by atoms with Gasteiger partial charge in [0, 0.05) is 10.0 Å². The molecule has 0 bridgehead atoms. The summed E-state index contributed by atoms with van der Waals surface area (Å²) in [6, 6.07) is 12.9. The van der Waals surface area contributed by atoms with Crippen molar-refractivity contribution in [3.8, 4) is 28.6 Å². The van der Waals surface area contributed by atoms with Crippen LogP contribution >= 0.6 is 15.9 Å². The molecule has 0 fully saturated rings. The largest absolute Gasteiger partial charge is 0.507 e. The van der Waals surface area contributed by atoms with Crippen molar-refractivity contribution in [1.82, 2.24) is 10.1 Å². The van der Waals surface area contributed by atoms with Gasteiger partial charge < -0.3 is 9.63 Å². The summed E-state index contributed by atoms with van der Waals surface area (Å²) < 4.78 is 6.23. The molecule has 3 aromatic rings. The lowest BCUT2D eigenvalue weighted by Crippen LogP contribution is -1.83. The molecule has 1 aromatic heterocycles. The number of halogens is 1. The van der Waals surface area contributed by atoms with Crippen molar-refractivity contribution >= 4 is 15.9 Å². The SMILES string of the molecule is Cc1ccc(O)c(-c2nc(-c3ccc(Br)cc3)no2)c1. The first-order valence-corrected chi connectivity index (χ1v) is 6.82. The number of aryl methyl sites for hydroxylation is 1. The smallest absolute Gasteiger partial charge is 0.262 e. The van der Waals surface area contributed by atoms with Crippen LogP contribution in [0.15, 0.2) is 51.5 Å². The Morgan fingerprint density at radius 2 is 1.85 bits per heavy atom. The van der Waals surface area contributed by atoms with Crippen molar-refractivity contribution in [2.75, 3.05) is 0 Å². The van der Waals surface area contributed by atoms with E-state index in [9.17, 15) is 5.11 Å². The standard InChI is InChI=1S/C15H11BrN2O2/c1-9-2-7-13(19)12(8-9)15-17-14(18-20-15)10-3-5-11(16)6-4-10/h2-8,19H,1H3. The van der Waals surface area contributed by atoms with E-state index in [-0.39, 0.29) is 5.75 Å². The molecule has 3 rings (SSSR count). The van der Waals surface area contributed by atoms with Crippen molar-refractivity contribution in [2.24, 2.45) is 0 Å². The van der Waals surface area contributed by atoms with Crippen LogP contribution in [0.25, 0.3) is 22.8 Å². The zero-order valence-corrected chi connectivity index (χ0v) is 12.3. The van der Waals surface area contributed by atoms with E-state index in [0.29, 0.717) is 17.3 Å². The summed E-state index contributed by atoms with van der Waals surface area (Å²) in [5, 5.41) is 13.8. The number of hydrogen-bond acceptors (Lipinski definition) is 4. The molecule has 0 atom stereocenters. The van der Waals surface area contributed by atoms with Gasteiger partial charge in [0.15, 0.2) is 0 Å². The number of nitrogens with zero attached hydrogens (tertiary/aromatic N) is 2. The van der Waals surface area contributed by atoms with E-state index in [1.54, 1.807) is 6.07 Å². The summed E-state index contributed by atoms with van der Waals surface area (Å²) in [7, 11) is 0. The molecular weight excluding hydrogens is 320 g/mol. The van der Waals surface area contributed by atoms with E-state index in [1.165, 1.54) is 0 Å². The Morgan fingerprint density at radius 3 is 2.60 bits per heavy atom. The predicted molar refractivity (Wildman–Crippen MR) is 79.3 cm³/mol. The fourth-order valence-corrected chi connectivity index (χ4v) is 2.13. The molecule has 20 heavy (non-hydrogen) atoms. The third kappa shape index (κ3) is 2.44. The maximum atomic E-state index is 9.87. The first-order chi connectivity index (χ1) is 9.63. The summed E-state index contributed by atoms with van der Waals surface area (Å²) in [6.07, 6.45) is 0. The highest BCUT2D eigenvalue weighted by molar-refractivity contribution is 9.10. The van der Waals surface area contributed by atoms with Gasteiger partial charge in [-0.2, -0.15) is 4.98 Å². The molecule has 4 nitrogen and oxygen atoms in total. The number of phenolic OH excluding ortho intramolecular Hbond substituents is 1. The van der Waals surface area contributed by atoms with Gasteiger partial charge in [0.05, 0.1) is 5.56 Å². The predicted octanol–water partition coefficient (Wildman–Crippen LogP) is 4.18. The number of hydrogen-bond donors (Lipinski definition) is 1. The molecule has 0 unspecified atom stereocenters. The van der Waals surface area contributed by atoms with Gasteiger partial charge in [-0.05, 0) is 43.3 Å². The lowest BCUT2D eigenvalue weighted by Gasteiger charge is -2.00. The zero-order chi connectivity index (χ0) is 14.1. The molecule has 5 heteroatoms. The average Bonchev–Trinajstić information content (AvgIpc) is 2.92. The molecule has 100 valence electrons. The van der Waals surface area contributed by atoms with Crippen molar-refractivity contribution < 1.29 is 9.63 Å². The van der Waals surface area contributed by atoms with E-state index in [2.05, 4.69) is 26.1 Å².